The van der Waals surface area contributed by atoms with Gasteiger partial charge < -0.3 is 9.64 Å². The van der Waals surface area contributed by atoms with Crippen molar-refractivity contribution in [1.82, 2.24) is 9.80 Å². The van der Waals surface area contributed by atoms with Crippen LogP contribution in [0.25, 0.3) is 0 Å². The van der Waals surface area contributed by atoms with Crippen LogP contribution in [0.15, 0.2) is 24.3 Å². The zero-order chi connectivity index (χ0) is 16.8. The molecule has 4 heteroatoms. The Kier molecular flexibility index (Phi) is 6.13. The molecule has 0 aliphatic carbocycles. The van der Waals surface area contributed by atoms with Crippen LogP contribution in [0, 0.1) is 5.92 Å². The summed E-state index contributed by atoms with van der Waals surface area (Å²) >= 11 is 0. The lowest BCUT2D eigenvalue weighted by Crippen LogP contribution is -2.44. The molecule has 3 rings (SSSR count). The van der Waals surface area contributed by atoms with Crippen LogP contribution in [0.4, 0.5) is 0 Å². The number of piperidine rings is 1. The highest BCUT2D eigenvalue weighted by molar-refractivity contribution is 5.79. The Balaban J connectivity index is 1.58. The van der Waals surface area contributed by atoms with Crippen molar-refractivity contribution >= 4 is 5.91 Å². The van der Waals surface area contributed by atoms with Crippen molar-refractivity contribution in [2.24, 2.45) is 5.92 Å². The Morgan fingerprint density at radius 3 is 2.67 bits per heavy atom. The summed E-state index contributed by atoms with van der Waals surface area (Å²) < 4.78 is 5.32. The first-order valence-corrected chi connectivity index (χ1v) is 9.40. The molecule has 2 aliphatic rings. The molecule has 0 bridgehead atoms. The number of likely N-dealkylation sites (tertiary alicyclic amines) is 2. The van der Waals surface area contributed by atoms with Crippen molar-refractivity contribution in [2.45, 2.75) is 45.1 Å². The third kappa shape index (κ3) is 4.50. The fourth-order valence-electron chi connectivity index (χ4n) is 3.98. The Morgan fingerprint density at radius 1 is 1.12 bits per heavy atom. The second kappa shape index (κ2) is 8.52. The number of carbonyl (C=O) groups excluding carboxylic acids is 1. The Bertz CT molecular complexity index is 538. The summed E-state index contributed by atoms with van der Waals surface area (Å²) in [6.45, 7) is 4.81. The highest BCUT2D eigenvalue weighted by Crippen LogP contribution is 2.23. The van der Waals surface area contributed by atoms with E-state index in [2.05, 4.69) is 21.9 Å². The van der Waals surface area contributed by atoms with Crippen LogP contribution in [-0.4, -0.2) is 49.0 Å². The quantitative estimate of drug-likeness (QED) is 0.849. The average Bonchev–Trinajstić information content (AvgIpc) is 2.91. The maximum absolute atomic E-state index is 12.9. The van der Waals surface area contributed by atoms with Gasteiger partial charge in [0, 0.05) is 26.2 Å². The minimum Gasteiger partial charge on any atom is -0.497 e. The van der Waals surface area contributed by atoms with Crippen molar-refractivity contribution in [3.05, 3.63) is 29.8 Å². The van der Waals surface area contributed by atoms with Gasteiger partial charge in [0.05, 0.1) is 13.0 Å². The monoisotopic (exact) mass is 330 g/mol. The summed E-state index contributed by atoms with van der Waals surface area (Å²) in [7, 11) is 1.70. The first-order chi connectivity index (χ1) is 11.8. The first-order valence-electron chi connectivity index (χ1n) is 9.40. The molecule has 1 aromatic carbocycles. The third-order valence-corrected chi connectivity index (χ3v) is 5.31. The van der Waals surface area contributed by atoms with E-state index < -0.39 is 0 Å². The molecule has 4 nitrogen and oxygen atoms in total. The molecule has 1 amide bonds. The van der Waals surface area contributed by atoms with Crippen molar-refractivity contribution in [3.63, 3.8) is 0 Å². The van der Waals surface area contributed by atoms with Gasteiger partial charge >= 0.3 is 0 Å². The van der Waals surface area contributed by atoms with Crippen LogP contribution in [-0.2, 0) is 11.3 Å². The van der Waals surface area contributed by atoms with Gasteiger partial charge in [-0.25, -0.2) is 0 Å². The number of hydrogen-bond donors (Lipinski definition) is 0. The largest absolute Gasteiger partial charge is 0.497 e. The molecular formula is C20H30N2O2. The van der Waals surface area contributed by atoms with Crippen LogP contribution < -0.4 is 4.74 Å². The van der Waals surface area contributed by atoms with Crippen molar-refractivity contribution < 1.29 is 9.53 Å². The van der Waals surface area contributed by atoms with Crippen molar-refractivity contribution in [3.8, 4) is 5.75 Å². The number of carbonyl (C=O) groups is 1. The van der Waals surface area contributed by atoms with E-state index in [-0.39, 0.29) is 5.92 Å². The van der Waals surface area contributed by atoms with Gasteiger partial charge in [0.15, 0.2) is 0 Å². The highest BCUT2D eigenvalue weighted by Gasteiger charge is 2.29. The zero-order valence-electron chi connectivity index (χ0n) is 14.9. The molecule has 1 atom stereocenters. The van der Waals surface area contributed by atoms with Crippen LogP contribution in [0.1, 0.15) is 44.1 Å². The zero-order valence-corrected chi connectivity index (χ0v) is 14.9. The molecule has 2 heterocycles. The topological polar surface area (TPSA) is 32.8 Å². The molecule has 2 saturated heterocycles. The lowest BCUT2D eigenvalue weighted by Gasteiger charge is -2.34. The maximum atomic E-state index is 12.9. The van der Waals surface area contributed by atoms with Crippen molar-refractivity contribution in [1.29, 1.82) is 0 Å². The molecule has 1 aromatic rings. The van der Waals surface area contributed by atoms with E-state index in [4.69, 9.17) is 4.74 Å². The Morgan fingerprint density at radius 2 is 1.92 bits per heavy atom. The Hall–Kier alpha value is -1.55. The van der Waals surface area contributed by atoms with Crippen LogP contribution >= 0.6 is 0 Å². The summed E-state index contributed by atoms with van der Waals surface area (Å²) in [6.07, 6.45) is 7.06. The van der Waals surface area contributed by atoms with E-state index in [1.807, 2.05) is 12.1 Å². The van der Waals surface area contributed by atoms with Gasteiger partial charge in [-0.15, -0.1) is 0 Å². The number of benzene rings is 1. The first kappa shape index (κ1) is 17.3. The predicted octanol–water partition coefficient (Wildman–Crippen LogP) is 3.31. The summed E-state index contributed by atoms with van der Waals surface area (Å²) in [5, 5.41) is 0. The van der Waals surface area contributed by atoms with E-state index in [1.165, 1.54) is 31.2 Å². The van der Waals surface area contributed by atoms with Gasteiger partial charge in [-0.05, 0) is 49.9 Å². The molecule has 0 aromatic heterocycles. The normalized spacial score (nSPS) is 22.9. The van der Waals surface area contributed by atoms with E-state index in [1.54, 1.807) is 7.11 Å². The molecule has 0 spiro atoms. The van der Waals surface area contributed by atoms with E-state index >= 15 is 0 Å². The van der Waals surface area contributed by atoms with E-state index in [0.717, 1.165) is 51.3 Å². The van der Waals surface area contributed by atoms with Gasteiger partial charge in [0.25, 0.3) is 0 Å². The fraction of sp³-hybridized carbons (Fsp3) is 0.650. The van der Waals surface area contributed by atoms with Crippen LogP contribution in [0.2, 0.25) is 0 Å². The number of methoxy groups -OCH3 is 1. The number of amides is 1. The molecule has 2 fully saturated rings. The fourth-order valence-corrected chi connectivity index (χ4v) is 3.98. The minimum atomic E-state index is 0.183. The number of hydrogen-bond acceptors (Lipinski definition) is 3. The standard InChI is InChI=1S/C20H30N2O2/c1-24-19-10-6-8-17(14-19)15-21-11-7-9-18(16-21)20(23)22-12-4-2-3-5-13-22/h6,8,10,14,18H,2-5,7,9,11-13,15-16H2,1H3/t18-/m1/s1. The average molecular weight is 330 g/mol. The van der Waals surface area contributed by atoms with Gasteiger partial charge in [0.1, 0.15) is 5.75 Å². The Labute approximate surface area is 145 Å². The second-order valence-electron chi connectivity index (χ2n) is 7.17. The smallest absolute Gasteiger partial charge is 0.226 e. The maximum Gasteiger partial charge on any atom is 0.226 e. The van der Waals surface area contributed by atoms with Crippen LogP contribution in [0.3, 0.4) is 0 Å². The lowest BCUT2D eigenvalue weighted by molar-refractivity contribution is -0.137. The van der Waals surface area contributed by atoms with Gasteiger partial charge in [-0.3, -0.25) is 9.69 Å². The molecule has 2 aliphatic heterocycles. The minimum absolute atomic E-state index is 0.183. The number of ether oxygens (including phenoxy) is 1. The second-order valence-corrected chi connectivity index (χ2v) is 7.17. The van der Waals surface area contributed by atoms with Crippen molar-refractivity contribution in [2.75, 3.05) is 33.3 Å². The molecule has 0 unspecified atom stereocenters. The van der Waals surface area contributed by atoms with Gasteiger partial charge in [-0.2, -0.15) is 0 Å². The molecule has 24 heavy (non-hydrogen) atoms. The van der Waals surface area contributed by atoms with Gasteiger partial charge in [0.2, 0.25) is 5.91 Å². The molecule has 0 N–H and O–H groups in total. The third-order valence-electron chi connectivity index (χ3n) is 5.31. The summed E-state index contributed by atoms with van der Waals surface area (Å²) in [5.74, 6) is 1.48. The van der Waals surface area contributed by atoms with Gasteiger partial charge in [-0.1, -0.05) is 25.0 Å². The SMILES string of the molecule is COc1cccc(CN2CCC[C@@H](C(=O)N3CCCCCC3)C2)c1. The molecule has 132 valence electrons. The highest BCUT2D eigenvalue weighted by atomic mass is 16.5. The molecule has 0 saturated carbocycles. The predicted molar refractivity (Wildman–Crippen MR) is 96.0 cm³/mol. The molecule has 0 radical (unpaired) electrons. The van der Waals surface area contributed by atoms with E-state index in [9.17, 15) is 4.79 Å². The summed E-state index contributed by atoms with van der Waals surface area (Å²) in [4.78, 5) is 17.4. The molecular weight excluding hydrogens is 300 g/mol. The number of rotatable bonds is 4. The summed E-state index contributed by atoms with van der Waals surface area (Å²) in [5.41, 5.74) is 1.26. The number of nitrogens with zero attached hydrogens (tertiary/aromatic N) is 2. The van der Waals surface area contributed by atoms with Crippen LogP contribution in [0.5, 0.6) is 5.75 Å². The lowest BCUT2D eigenvalue weighted by atomic mass is 9.96. The summed E-state index contributed by atoms with van der Waals surface area (Å²) in [6, 6.07) is 8.26. The van der Waals surface area contributed by atoms with E-state index in [0.29, 0.717) is 5.91 Å².